The predicted octanol–water partition coefficient (Wildman–Crippen LogP) is 2.31. The van der Waals surface area contributed by atoms with E-state index in [1.165, 1.54) is 8.99 Å². The van der Waals surface area contributed by atoms with Crippen LogP contribution < -0.4 is 4.74 Å². The normalized spacial score (nSPS) is 23.7. The number of Topliss-reactive ketones (excluding diaryl/α,β-unsaturated/α-hetero) is 1. The zero-order valence-corrected chi connectivity index (χ0v) is 16.3. The smallest absolute Gasteiger partial charge is 0.260 e. The van der Waals surface area contributed by atoms with Gasteiger partial charge >= 0.3 is 0 Å². The van der Waals surface area contributed by atoms with Crippen LogP contribution in [0.1, 0.15) is 41.7 Å². The van der Waals surface area contributed by atoms with Gasteiger partial charge in [-0.1, -0.05) is 12.1 Å². The Morgan fingerprint density at radius 3 is 2.70 bits per heavy atom. The lowest BCUT2D eigenvalue weighted by Crippen LogP contribution is -2.43. The van der Waals surface area contributed by atoms with Crippen molar-refractivity contribution in [3.63, 3.8) is 0 Å². The van der Waals surface area contributed by atoms with Gasteiger partial charge in [0.05, 0.1) is 17.7 Å². The SMILES string of the molecule is Cc1cc(S(=O)(=O)N2CCCC3(CC2)CC(=O)c2ccccc2O3)n(C)n1. The lowest BCUT2D eigenvalue weighted by atomic mass is 9.84. The van der Waals surface area contributed by atoms with E-state index in [4.69, 9.17) is 4.74 Å². The Kier molecular flexibility index (Phi) is 4.35. The van der Waals surface area contributed by atoms with Crippen molar-refractivity contribution in [1.82, 2.24) is 14.1 Å². The summed E-state index contributed by atoms with van der Waals surface area (Å²) in [6, 6.07) is 8.86. The number of carbonyl (C=O) groups excluding carboxylic acids is 1. The van der Waals surface area contributed by atoms with Gasteiger partial charge in [0.15, 0.2) is 10.8 Å². The maximum absolute atomic E-state index is 13.1. The summed E-state index contributed by atoms with van der Waals surface area (Å²) in [6.45, 7) is 2.50. The summed E-state index contributed by atoms with van der Waals surface area (Å²) in [5.41, 5.74) is 0.653. The molecule has 2 aliphatic heterocycles. The molecule has 0 aliphatic carbocycles. The van der Waals surface area contributed by atoms with Gasteiger partial charge in [0.1, 0.15) is 11.4 Å². The van der Waals surface area contributed by atoms with Crippen molar-refractivity contribution in [2.24, 2.45) is 7.05 Å². The number of para-hydroxylation sites is 1. The van der Waals surface area contributed by atoms with Gasteiger partial charge in [0.2, 0.25) is 0 Å². The van der Waals surface area contributed by atoms with Gasteiger partial charge in [0, 0.05) is 26.6 Å². The minimum atomic E-state index is -3.63. The molecule has 7 nitrogen and oxygen atoms in total. The Morgan fingerprint density at radius 1 is 1.19 bits per heavy atom. The fraction of sp³-hybridized carbons (Fsp3) is 0.474. The van der Waals surface area contributed by atoms with Crippen LogP contribution in [0.25, 0.3) is 0 Å². The number of hydrogen-bond acceptors (Lipinski definition) is 5. The van der Waals surface area contributed by atoms with Gasteiger partial charge in [-0.05, 0) is 38.0 Å². The van der Waals surface area contributed by atoms with Crippen LogP contribution in [0.4, 0.5) is 0 Å². The second kappa shape index (κ2) is 6.45. The van der Waals surface area contributed by atoms with Gasteiger partial charge in [-0.15, -0.1) is 0 Å². The zero-order valence-electron chi connectivity index (χ0n) is 15.5. The predicted molar refractivity (Wildman–Crippen MR) is 99.3 cm³/mol. The lowest BCUT2D eigenvalue weighted by Gasteiger charge is -2.37. The maximum atomic E-state index is 13.1. The highest BCUT2D eigenvalue weighted by Crippen LogP contribution is 2.39. The molecule has 2 aromatic rings. The summed E-state index contributed by atoms with van der Waals surface area (Å²) in [7, 11) is -1.99. The molecule has 2 aliphatic rings. The molecule has 0 bridgehead atoms. The Labute approximate surface area is 159 Å². The van der Waals surface area contributed by atoms with Crippen LogP contribution in [-0.2, 0) is 17.1 Å². The first-order chi connectivity index (χ1) is 12.8. The number of ether oxygens (including phenoxy) is 1. The fourth-order valence-corrected chi connectivity index (χ4v) is 5.73. The Balaban J connectivity index is 1.58. The number of fused-ring (bicyclic) bond motifs is 1. The summed E-state index contributed by atoms with van der Waals surface area (Å²) >= 11 is 0. The second-order valence-electron chi connectivity index (χ2n) is 7.39. The van der Waals surface area contributed by atoms with E-state index in [0.717, 1.165) is 0 Å². The largest absolute Gasteiger partial charge is 0.486 e. The van der Waals surface area contributed by atoms with Crippen molar-refractivity contribution in [3.05, 3.63) is 41.6 Å². The summed E-state index contributed by atoms with van der Waals surface area (Å²) in [4.78, 5) is 12.6. The van der Waals surface area contributed by atoms with Crippen LogP contribution in [0.3, 0.4) is 0 Å². The molecular weight excluding hydrogens is 366 g/mol. The molecule has 1 atom stereocenters. The van der Waals surface area contributed by atoms with Gasteiger partial charge in [-0.2, -0.15) is 9.40 Å². The highest BCUT2D eigenvalue weighted by Gasteiger charge is 2.43. The van der Waals surface area contributed by atoms with E-state index in [9.17, 15) is 13.2 Å². The van der Waals surface area contributed by atoms with Gasteiger partial charge < -0.3 is 4.74 Å². The van der Waals surface area contributed by atoms with Crippen molar-refractivity contribution in [1.29, 1.82) is 0 Å². The Morgan fingerprint density at radius 2 is 1.96 bits per heavy atom. The highest BCUT2D eigenvalue weighted by atomic mass is 32.2. The van der Waals surface area contributed by atoms with Crippen molar-refractivity contribution >= 4 is 15.8 Å². The third kappa shape index (κ3) is 3.17. The van der Waals surface area contributed by atoms with E-state index >= 15 is 0 Å². The van der Waals surface area contributed by atoms with Gasteiger partial charge in [0.25, 0.3) is 10.0 Å². The van der Waals surface area contributed by atoms with Crippen LogP contribution in [-0.4, -0.2) is 47.0 Å². The molecule has 4 rings (SSSR count). The van der Waals surface area contributed by atoms with Crippen LogP contribution in [0, 0.1) is 6.92 Å². The lowest BCUT2D eigenvalue weighted by molar-refractivity contribution is 0.0312. The molecule has 144 valence electrons. The molecule has 27 heavy (non-hydrogen) atoms. The number of benzene rings is 1. The van der Waals surface area contributed by atoms with E-state index in [2.05, 4.69) is 5.10 Å². The van der Waals surface area contributed by atoms with E-state index in [-0.39, 0.29) is 10.8 Å². The fourth-order valence-electron chi connectivity index (χ4n) is 4.07. The first kappa shape index (κ1) is 18.2. The molecule has 0 radical (unpaired) electrons. The van der Waals surface area contributed by atoms with Crippen molar-refractivity contribution in [2.45, 2.75) is 43.2 Å². The van der Waals surface area contributed by atoms with E-state index < -0.39 is 15.6 Å². The molecule has 3 heterocycles. The van der Waals surface area contributed by atoms with E-state index in [1.807, 2.05) is 18.2 Å². The Bertz CT molecular complexity index is 998. The molecule has 1 fully saturated rings. The average molecular weight is 389 g/mol. The minimum absolute atomic E-state index is 0.0652. The number of carbonyl (C=O) groups is 1. The topological polar surface area (TPSA) is 81.5 Å². The second-order valence-corrected chi connectivity index (χ2v) is 9.27. The molecule has 0 amide bonds. The number of ketones is 1. The van der Waals surface area contributed by atoms with Crippen molar-refractivity contribution in [3.8, 4) is 5.75 Å². The third-order valence-corrected chi connectivity index (χ3v) is 7.37. The maximum Gasteiger partial charge on any atom is 0.260 e. The quantitative estimate of drug-likeness (QED) is 0.787. The van der Waals surface area contributed by atoms with Crippen LogP contribution in [0.5, 0.6) is 5.75 Å². The van der Waals surface area contributed by atoms with Crippen LogP contribution >= 0.6 is 0 Å². The first-order valence-corrected chi connectivity index (χ1v) is 10.6. The number of aryl methyl sites for hydroxylation is 2. The van der Waals surface area contributed by atoms with Gasteiger partial charge in [-0.3, -0.25) is 9.48 Å². The standard InChI is InChI=1S/C19H23N3O4S/c1-14-12-18(21(2)20-14)27(24,25)22-10-5-8-19(9-11-22)13-16(23)15-6-3-4-7-17(15)26-19/h3-4,6-7,12H,5,8-11,13H2,1-2H3. The summed E-state index contributed by atoms with van der Waals surface area (Å²) < 4.78 is 35.3. The number of hydrogen-bond donors (Lipinski definition) is 0. The monoisotopic (exact) mass is 389 g/mol. The molecule has 1 saturated heterocycles. The summed E-state index contributed by atoms with van der Waals surface area (Å²) in [5, 5.41) is 4.35. The van der Waals surface area contributed by atoms with Crippen LogP contribution in [0.15, 0.2) is 35.4 Å². The van der Waals surface area contributed by atoms with Gasteiger partial charge in [-0.25, -0.2) is 8.42 Å². The molecule has 0 N–H and O–H groups in total. The molecule has 0 saturated carbocycles. The number of sulfonamides is 1. The molecule has 1 aromatic carbocycles. The Hall–Kier alpha value is -2.19. The number of rotatable bonds is 2. The van der Waals surface area contributed by atoms with Crippen molar-refractivity contribution in [2.75, 3.05) is 13.1 Å². The molecular formula is C19H23N3O4S. The highest BCUT2D eigenvalue weighted by molar-refractivity contribution is 7.89. The first-order valence-electron chi connectivity index (χ1n) is 9.13. The third-order valence-electron chi connectivity index (χ3n) is 5.42. The zero-order chi connectivity index (χ0) is 19.2. The number of aromatic nitrogens is 2. The van der Waals surface area contributed by atoms with Crippen molar-refractivity contribution < 1.29 is 17.9 Å². The number of nitrogens with zero attached hydrogens (tertiary/aromatic N) is 3. The van der Waals surface area contributed by atoms with E-state index in [1.54, 1.807) is 26.1 Å². The van der Waals surface area contributed by atoms with E-state index in [0.29, 0.717) is 55.8 Å². The molecule has 1 spiro atoms. The van der Waals surface area contributed by atoms with Crippen LogP contribution in [0.2, 0.25) is 0 Å². The molecule has 1 aromatic heterocycles. The molecule has 1 unspecified atom stereocenters. The molecule has 8 heteroatoms. The minimum Gasteiger partial charge on any atom is -0.486 e. The summed E-state index contributed by atoms with van der Waals surface area (Å²) in [5.74, 6) is 0.669. The summed E-state index contributed by atoms with van der Waals surface area (Å²) in [6.07, 6.45) is 2.08. The average Bonchev–Trinajstić information content (AvgIpc) is 2.84.